The topological polar surface area (TPSA) is 35.8 Å². The Kier molecular flexibility index (Phi) is 4.30. The second-order valence-corrected chi connectivity index (χ2v) is 2.98. The Morgan fingerprint density at radius 2 is 2.07 bits per heavy atom. The van der Waals surface area contributed by atoms with E-state index in [1.807, 2.05) is 37.3 Å². The summed E-state index contributed by atoms with van der Waals surface area (Å²) in [5.74, 6) is 0. The fraction of sp³-hybridized carbons (Fsp3) is 0.250. The summed E-state index contributed by atoms with van der Waals surface area (Å²) in [7, 11) is 0. The standard InChI is InChI=1S/C12H14N2/c1-2-3-10-14-12-6-4-11(5-7-12)8-9-13/h2-7,14H,8,10H2,1H3/b3-2+. The molecule has 72 valence electrons. The van der Waals surface area contributed by atoms with Gasteiger partial charge >= 0.3 is 0 Å². The Morgan fingerprint density at radius 3 is 2.64 bits per heavy atom. The molecule has 0 unspecified atom stereocenters. The second kappa shape index (κ2) is 5.82. The van der Waals surface area contributed by atoms with Crippen LogP contribution in [0.3, 0.4) is 0 Å². The van der Waals surface area contributed by atoms with Crippen molar-refractivity contribution in [2.24, 2.45) is 0 Å². The summed E-state index contributed by atoms with van der Waals surface area (Å²) in [5.41, 5.74) is 2.15. The molecule has 0 fully saturated rings. The SMILES string of the molecule is C/C=C/CNc1ccc(CC#N)cc1. The molecule has 0 bridgehead atoms. The van der Waals surface area contributed by atoms with E-state index in [0.29, 0.717) is 6.42 Å². The van der Waals surface area contributed by atoms with E-state index >= 15 is 0 Å². The lowest BCUT2D eigenvalue weighted by Crippen LogP contribution is -1.97. The highest BCUT2D eigenvalue weighted by atomic mass is 14.8. The highest BCUT2D eigenvalue weighted by molar-refractivity contribution is 5.45. The van der Waals surface area contributed by atoms with Crippen molar-refractivity contribution in [3.05, 3.63) is 42.0 Å². The van der Waals surface area contributed by atoms with Crippen molar-refractivity contribution in [3.63, 3.8) is 0 Å². The summed E-state index contributed by atoms with van der Waals surface area (Å²) in [5, 5.41) is 11.7. The van der Waals surface area contributed by atoms with Crippen LogP contribution in [0.15, 0.2) is 36.4 Å². The molecule has 0 spiro atoms. The minimum Gasteiger partial charge on any atom is -0.382 e. The van der Waals surface area contributed by atoms with Crippen molar-refractivity contribution < 1.29 is 0 Å². The summed E-state index contributed by atoms with van der Waals surface area (Å²) < 4.78 is 0. The number of anilines is 1. The Labute approximate surface area is 84.9 Å². The zero-order chi connectivity index (χ0) is 10.2. The summed E-state index contributed by atoms with van der Waals surface area (Å²) in [6.07, 6.45) is 4.55. The number of rotatable bonds is 4. The first-order valence-corrected chi connectivity index (χ1v) is 4.67. The van der Waals surface area contributed by atoms with Gasteiger partial charge in [0.2, 0.25) is 0 Å². The molecule has 0 aliphatic heterocycles. The van der Waals surface area contributed by atoms with E-state index in [-0.39, 0.29) is 0 Å². The number of hydrogen-bond donors (Lipinski definition) is 1. The van der Waals surface area contributed by atoms with Crippen LogP contribution in [-0.2, 0) is 6.42 Å². The van der Waals surface area contributed by atoms with Crippen LogP contribution in [0.5, 0.6) is 0 Å². The molecule has 0 aliphatic carbocycles. The summed E-state index contributed by atoms with van der Waals surface area (Å²) >= 11 is 0. The zero-order valence-corrected chi connectivity index (χ0v) is 8.33. The highest BCUT2D eigenvalue weighted by Gasteiger charge is 1.91. The van der Waals surface area contributed by atoms with Crippen LogP contribution in [0.4, 0.5) is 5.69 Å². The molecular weight excluding hydrogens is 172 g/mol. The Bertz CT molecular complexity index is 330. The van der Waals surface area contributed by atoms with E-state index in [9.17, 15) is 0 Å². The van der Waals surface area contributed by atoms with E-state index in [1.54, 1.807) is 0 Å². The Balaban J connectivity index is 2.51. The van der Waals surface area contributed by atoms with Crippen LogP contribution in [-0.4, -0.2) is 6.54 Å². The van der Waals surface area contributed by atoms with Crippen molar-refractivity contribution >= 4 is 5.69 Å². The molecule has 0 saturated heterocycles. The van der Waals surface area contributed by atoms with E-state index in [2.05, 4.69) is 17.5 Å². The fourth-order valence-electron chi connectivity index (χ4n) is 1.13. The van der Waals surface area contributed by atoms with Gasteiger partial charge in [-0.15, -0.1) is 0 Å². The minimum atomic E-state index is 0.481. The average Bonchev–Trinajstić information content (AvgIpc) is 2.21. The van der Waals surface area contributed by atoms with Crippen molar-refractivity contribution in [1.29, 1.82) is 5.26 Å². The molecule has 0 atom stereocenters. The van der Waals surface area contributed by atoms with Gasteiger partial charge in [0.1, 0.15) is 0 Å². The van der Waals surface area contributed by atoms with Crippen molar-refractivity contribution in [2.45, 2.75) is 13.3 Å². The number of hydrogen-bond acceptors (Lipinski definition) is 2. The third-order valence-corrected chi connectivity index (χ3v) is 1.90. The first kappa shape index (κ1) is 10.3. The van der Waals surface area contributed by atoms with E-state index in [4.69, 9.17) is 5.26 Å². The molecule has 1 rings (SSSR count). The molecule has 2 heteroatoms. The van der Waals surface area contributed by atoms with Gasteiger partial charge in [-0.05, 0) is 24.6 Å². The van der Waals surface area contributed by atoms with Gasteiger partial charge in [0, 0.05) is 12.2 Å². The largest absolute Gasteiger partial charge is 0.382 e. The molecule has 1 aromatic carbocycles. The second-order valence-electron chi connectivity index (χ2n) is 2.98. The van der Waals surface area contributed by atoms with Crippen LogP contribution < -0.4 is 5.32 Å². The zero-order valence-electron chi connectivity index (χ0n) is 8.33. The van der Waals surface area contributed by atoms with E-state index in [1.165, 1.54) is 0 Å². The lowest BCUT2D eigenvalue weighted by molar-refractivity contribution is 1.25. The first-order valence-electron chi connectivity index (χ1n) is 4.67. The van der Waals surface area contributed by atoms with Crippen molar-refractivity contribution in [2.75, 3.05) is 11.9 Å². The number of benzene rings is 1. The normalized spacial score (nSPS) is 10.0. The third kappa shape index (κ3) is 3.32. The fourth-order valence-corrected chi connectivity index (χ4v) is 1.13. The van der Waals surface area contributed by atoms with Gasteiger partial charge < -0.3 is 5.32 Å². The molecule has 0 heterocycles. The minimum absolute atomic E-state index is 0.481. The number of allylic oxidation sites excluding steroid dienone is 1. The van der Waals surface area contributed by atoms with Crippen molar-refractivity contribution in [1.82, 2.24) is 0 Å². The summed E-state index contributed by atoms with van der Waals surface area (Å²) in [4.78, 5) is 0. The van der Waals surface area contributed by atoms with Crippen LogP contribution in [0, 0.1) is 11.3 Å². The van der Waals surface area contributed by atoms with Gasteiger partial charge in [-0.1, -0.05) is 24.3 Å². The molecule has 2 nitrogen and oxygen atoms in total. The maximum Gasteiger partial charge on any atom is 0.0669 e. The van der Waals surface area contributed by atoms with Crippen LogP contribution in [0.2, 0.25) is 0 Å². The maximum atomic E-state index is 8.49. The predicted molar refractivity (Wildman–Crippen MR) is 59.1 cm³/mol. The van der Waals surface area contributed by atoms with Gasteiger partial charge in [-0.2, -0.15) is 5.26 Å². The molecule has 1 aromatic rings. The molecule has 0 radical (unpaired) electrons. The van der Waals surface area contributed by atoms with Crippen LogP contribution in [0.1, 0.15) is 12.5 Å². The predicted octanol–water partition coefficient (Wildman–Crippen LogP) is 2.74. The summed E-state index contributed by atoms with van der Waals surface area (Å²) in [6.45, 7) is 2.84. The lowest BCUT2D eigenvalue weighted by atomic mass is 10.1. The number of nitrogens with zero attached hydrogens (tertiary/aromatic N) is 1. The van der Waals surface area contributed by atoms with Gasteiger partial charge in [0.05, 0.1) is 12.5 Å². The molecule has 0 aliphatic rings. The Hall–Kier alpha value is -1.75. The molecule has 14 heavy (non-hydrogen) atoms. The molecular formula is C12H14N2. The number of nitriles is 1. The Morgan fingerprint density at radius 1 is 1.36 bits per heavy atom. The first-order chi connectivity index (χ1) is 6.86. The van der Waals surface area contributed by atoms with E-state index in [0.717, 1.165) is 17.8 Å². The molecule has 1 N–H and O–H groups in total. The van der Waals surface area contributed by atoms with Gasteiger partial charge in [0.25, 0.3) is 0 Å². The molecule has 0 amide bonds. The van der Waals surface area contributed by atoms with Crippen LogP contribution >= 0.6 is 0 Å². The maximum absolute atomic E-state index is 8.49. The van der Waals surface area contributed by atoms with Gasteiger partial charge in [-0.3, -0.25) is 0 Å². The number of nitrogens with one attached hydrogen (secondary N) is 1. The lowest BCUT2D eigenvalue weighted by Gasteiger charge is -2.03. The quantitative estimate of drug-likeness (QED) is 0.734. The third-order valence-electron chi connectivity index (χ3n) is 1.90. The average molecular weight is 186 g/mol. The summed E-state index contributed by atoms with van der Waals surface area (Å²) in [6, 6.07) is 10.1. The molecule has 0 aromatic heterocycles. The van der Waals surface area contributed by atoms with E-state index < -0.39 is 0 Å². The van der Waals surface area contributed by atoms with Crippen LogP contribution in [0.25, 0.3) is 0 Å². The molecule has 0 saturated carbocycles. The highest BCUT2D eigenvalue weighted by Crippen LogP contribution is 2.09. The van der Waals surface area contributed by atoms with Gasteiger partial charge in [0.15, 0.2) is 0 Å². The smallest absolute Gasteiger partial charge is 0.0669 e. The monoisotopic (exact) mass is 186 g/mol. The van der Waals surface area contributed by atoms with Crippen molar-refractivity contribution in [3.8, 4) is 6.07 Å². The van der Waals surface area contributed by atoms with Gasteiger partial charge in [-0.25, -0.2) is 0 Å².